The molecular formula is C18H15Cl2N3O3S. The maximum absolute atomic E-state index is 12.5. The zero-order chi connectivity index (χ0) is 19.6. The summed E-state index contributed by atoms with van der Waals surface area (Å²) in [5, 5.41) is 18.7. The van der Waals surface area contributed by atoms with Gasteiger partial charge < -0.3 is 14.9 Å². The minimum absolute atomic E-state index is 0.207. The molecule has 0 aliphatic rings. The fraction of sp³-hybridized carbons (Fsp3) is 0.167. The Kier molecular flexibility index (Phi) is 5.94. The molecule has 0 bridgehead atoms. The Balaban J connectivity index is 1.79. The Hall–Kier alpha value is -2.22. The van der Waals surface area contributed by atoms with E-state index in [1.54, 1.807) is 25.1 Å². The van der Waals surface area contributed by atoms with Gasteiger partial charge in [0.25, 0.3) is 5.03 Å². The standard InChI is InChI=1S/C18H15Cl2N3O3S/c1-10-6-8-12(9-7-10)23-17(18(25)26-22-23)27-11(2)16(24)21-14-5-3-4-13(19)15(14)20/h3-9,11H,1-2H3,(H-,21,22,24,25). The molecule has 2 aromatic carbocycles. The van der Waals surface area contributed by atoms with E-state index < -0.39 is 11.2 Å². The van der Waals surface area contributed by atoms with Crippen LogP contribution in [-0.2, 0) is 4.79 Å². The minimum atomic E-state index is -0.610. The predicted molar refractivity (Wildman–Crippen MR) is 103 cm³/mol. The first kappa shape index (κ1) is 19.5. The molecule has 0 saturated heterocycles. The highest BCUT2D eigenvalue weighted by molar-refractivity contribution is 8.00. The van der Waals surface area contributed by atoms with E-state index in [0.717, 1.165) is 17.3 Å². The molecule has 1 heterocycles. The first-order chi connectivity index (χ1) is 12.9. The number of hydrogen-bond acceptors (Lipinski definition) is 5. The molecule has 6 nitrogen and oxygen atoms in total. The second-order valence-electron chi connectivity index (χ2n) is 5.76. The molecule has 3 rings (SSSR count). The highest BCUT2D eigenvalue weighted by Gasteiger charge is 2.27. The zero-order valence-electron chi connectivity index (χ0n) is 14.4. The Bertz CT molecular complexity index is 976. The number of rotatable bonds is 5. The molecule has 1 N–H and O–H groups in total. The van der Waals surface area contributed by atoms with Gasteiger partial charge in [0.15, 0.2) is 5.95 Å². The summed E-state index contributed by atoms with van der Waals surface area (Å²) in [6, 6.07) is 12.4. The van der Waals surface area contributed by atoms with Gasteiger partial charge in [-0.25, -0.2) is 0 Å². The lowest BCUT2D eigenvalue weighted by Gasteiger charge is -2.12. The van der Waals surface area contributed by atoms with E-state index in [1.807, 2.05) is 31.2 Å². The van der Waals surface area contributed by atoms with Crippen LogP contribution in [0.3, 0.4) is 0 Å². The van der Waals surface area contributed by atoms with Crippen LogP contribution in [0.25, 0.3) is 5.69 Å². The summed E-state index contributed by atoms with van der Waals surface area (Å²) in [5.41, 5.74) is 2.14. The average molecular weight is 424 g/mol. The first-order valence-corrected chi connectivity index (χ1v) is 9.58. The van der Waals surface area contributed by atoms with E-state index in [-0.39, 0.29) is 16.0 Å². The van der Waals surface area contributed by atoms with Crippen molar-refractivity contribution in [2.45, 2.75) is 24.1 Å². The molecule has 0 aliphatic heterocycles. The van der Waals surface area contributed by atoms with Gasteiger partial charge in [-0.15, -0.1) is 0 Å². The van der Waals surface area contributed by atoms with Gasteiger partial charge >= 0.3 is 0 Å². The third-order valence-corrected chi connectivity index (χ3v) is 5.67. The molecule has 3 aromatic rings. The van der Waals surface area contributed by atoms with Crippen LogP contribution in [0.1, 0.15) is 12.5 Å². The number of nitrogens with zero attached hydrogens (tertiary/aromatic N) is 2. The highest BCUT2D eigenvalue weighted by Crippen LogP contribution is 2.31. The van der Waals surface area contributed by atoms with Crippen molar-refractivity contribution in [3.05, 3.63) is 58.1 Å². The van der Waals surface area contributed by atoms with Crippen LogP contribution in [-0.4, -0.2) is 16.4 Å². The minimum Gasteiger partial charge on any atom is -0.538 e. The third kappa shape index (κ3) is 4.37. The largest absolute Gasteiger partial charge is 0.538 e. The number of hydrogen-bond donors (Lipinski definition) is 1. The van der Waals surface area contributed by atoms with Gasteiger partial charge in [0.2, 0.25) is 11.6 Å². The Morgan fingerprint density at radius 3 is 2.67 bits per heavy atom. The average Bonchev–Trinajstić information content (AvgIpc) is 3.00. The summed E-state index contributed by atoms with van der Waals surface area (Å²) in [7, 11) is 0. The highest BCUT2D eigenvalue weighted by atomic mass is 35.5. The summed E-state index contributed by atoms with van der Waals surface area (Å²) < 4.78 is 6.16. The van der Waals surface area contributed by atoms with E-state index in [9.17, 15) is 9.90 Å². The first-order valence-electron chi connectivity index (χ1n) is 7.94. The van der Waals surface area contributed by atoms with Gasteiger partial charge in [0.05, 0.1) is 26.3 Å². The predicted octanol–water partition coefficient (Wildman–Crippen LogP) is 3.76. The number of anilines is 1. The molecule has 9 heteroatoms. The van der Waals surface area contributed by atoms with Gasteiger partial charge in [-0.2, -0.15) is 0 Å². The van der Waals surface area contributed by atoms with Gasteiger partial charge in [-0.1, -0.05) is 47.0 Å². The summed E-state index contributed by atoms with van der Waals surface area (Å²) in [6.45, 7) is 3.63. The topological polar surface area (TPSA) is 82.1 Å². The zero-order valence-corrected chi connectivity index (χ0v) is 16.7. The van der Waals surface area contributed by atoms with E-state index in [2.05, 4.69) is 10.6 Å². The Morgan fingerprint density at radius 2 is 1.96 bits per heavy atom. The number of benzene rings is 2. The monoisotopic (exact) mass is 423 g/mol. The van der Waals surface area contributed by atoms with Gasteiger partial charge in [0.1, 0.15) is 0 Å². The molecule has 1 atom stereocenters. The summed E-state index contributed by atoms with van der Waals surface area (Å²) in [4.78, 5) is 12.5. The van der Waals surface area contributed by atoms with Crippen LogP contribution in [0.2, 0.25) is 10.0 Å². The van der Waals surface area contributed by atoms with E-state index in [1.165, 1.54) is 4.68 Å². The van der Waals surface area contributed by atoms with Crippen molar-refractivity contribution in [1.29, 1.82) is 0 Å². The van der Waals surface area contributed by atoms with Crippen LogP contribution >= 0.6 is 35.0 Å². The maximum atomic E-state index is 12.5. The Labute approximate surface area is 170 Å². The van der Waals surface area contributed by atoms with Crippen LogP contribution < -0.4 is 15.1 Å². The smallest absolute Gasteiger partial charge is 0.298 e. The van der Waals surface area contributed by atoms with Gasteiger partial charge in [0, 0.05) is 12.1 Å². The lowest BCUT2D eigenvalue weighted by atomic mass is 10.2. The van der Waals surface area contributed by atoms with Crippen molar-refractivity contribution in [3.8, 4) is 11.6 Å². The van der Waals surface area contributed by atoms with Crippen LogP contribution in [0.4, 0.5) is 5.69 Å². The number of amides is 1. The van der Waals surface area contributed by atoms with Crippen molar-refractivity contribution < 1.29 is 19.1 Å². The van der Waals surface area contributed by atoms with Crippen molar-refractivity contribution in [2.24, 2.45) is 0 Å². The van der Waals surface area contributed by atoms with Crippen molar-refractivity contribution >= 4 is 46.6 Å². The molecule has 0 fully saturated rings. The molecule has 0 saturated carbocycles. The van der Waals surface area contributed by atoms with E-state index in [4.69, 9.17) is 27.7 Å². The van der Waals surface area contributed by atoms with E-state index in [0.29, 0.717) is 16.4 Å². The quantitative estimate of drug-likeness (QED) is 0.498. The number of aryl methyl sites for hydroxylation is 1. The molecule has 140 valence electrons. The van der Waals surface area contributed by atoms with Gasteiger partial charge in [-0.3, -0.25) is 4.79 Å². The molecule has 0 aliphatic carbocycles. The second-order valence-corrected chi connectivity index (χ2v) is 7.88. The fourth-order valence-electron chi connectivity index (χ4n) is 2.24. The fourth-order valence-corrected chi connectivity index (χ4v) is 3.47. The number of nitrogens with one attached hydrogen (secondary N) is 1. The summed E-state index contributed by atoms with van der Waals surface area (Å²) >= 11 is 13.1. The molecule has 0 spiro atoms. The lowest BCUT2D eigenvalue weighted by molar-refractivity contribution is -0.705. The SMILES string of the molecule is Cc1ccc(-[n+]2noc([O-])c2SC(C)C(=O)Nc2cccc(Cl)c2Cl)cc1. The van der Waals surface area contributed by atoms with Crippen molar-refractivity contribution in [1.82, 2.24) is 5.27 Å². The summed E-state index contributed by atoms with van der Waals surface area (Å²) in [6.07, 6.45) is 0. The molecule has 0 radical (unpaired) electrons. The number of carbonyl (C=O) groups excluding carboxylic acids is 1. The number of thioether (sulfide) groups is 1. The molecular weight excluding hydrogens is 409 g/mol. The number of aromatic nitrogens is 2. The van der Waals surface area contributed by atoms with Crippen LogP contribution in [0, 0.1) is 6.92 Å². The normalized spacial score (nSPS) is 12.0. The maximum Gasteiger partial charge on any atom is 0.298 e. The van der Waals surface area contributed by atoms with Crippen LogP contribution in [0.5, 0.6) is 5.95 Å². The molecule has 1 aromatic heterocycles. The molecule has 1 amide bonds. The van der Waals surface area contributed by atoms with Crippen molar-refractivity contribution in [2.75, 3.05) is 5.32 Å². The third-order valence-electron chi connectivity index (χ3n) is 3.72. The Morgan fingerprint density at radius 1 is 1.26 bits per heavy atom. The molecule has 27 heavy (non-hydrogen) atoms. The van der Waals surface area contributed by atoms with Crippen molar-refractivity contribution in [3.63, 3.8) is 0 Å². The van der Waals surface area contributed by atoms with Gasteiger partial charge in [-0.05, 0) is 42.4 Å². The second kappa shape index (κ2) is 8.21. The number of halogens is 2. The summed E-state index contributed by atoms with van der Waals surface area (Å²) in [5.74, 6) is -0.943. The molecule has 1 unspecified atom stereocenters. The van der Waals surface area contributed by atoms with Crippen LogP contribution in [0.15, 0.2) is 52.0 Å². The van der Waals surface area contributed by atoms with E-state index >= 15 is 0 Å². The lowest BCUT2D eigenvalue weighted by Crippen LogP contribution is -2.36. The number of carbonyl (C=O) groups is 1.